The molecule has 1 N–H and O–H groups in total. The van der Waals surface area contributed by atoms with Crippen LogP contribution in [0.3, 0.4) is 0 Å². The van der Waals surface area contributed by atoms with E-state index in [4.69, 9.17) is 9.47 Å². The maximum absolute atomic E-state index is 12.6. The van der Waals surface area contributed by atoms with Gasteiger partial charge in [0.1, 0.15) is 12.4 Å². The lowest BCUT2D eigenvalue weighted by Gasteiger charge is -2.29. The molecule has 2 aromatic carbocycles. The van der Waals surface area contributed by atoms with E-state index in [1.807, 2.05) is 42.5 Å². The van der Waals surface area contributed by atoms with E-state index >= 15 is 0 Å². The van der Waals surface area contributed by atoms with E-state index in [0.717, 1.165) is 6.42 Å². The molecule has 1 atom stereocenters. The van der Waals surface area contributed by atoms with Crippen LogP contribution < -0.4 is 10.1 Å². The second-order valence-electron chi connectivity index (χ2n) is 6.50. The van der Waals surface area contributed by atoms with Crippen molar-refractivity contribution in [2.45, 2.75) is 12.5 Å². The fourth-order valence-electron chi connectivity index (χ4n) is 2.89. The number of amides is 2. The van der Waals surface area contributed by atoms with Gasteiger partial charge in [-0.25, -0.2) is 0 Å². The molecular weight excluding hydrogens is 344 g/mol. The standard InChI is InChI=1S/C21H24N2O4/c1-23-14-17(27-15-20(23)24)13-22-21(25)18-9-5-6-10-19(18)26-12-11-16-7-3-2-4-8-16/h2-10,17H,11-15H2,1H3,(H,22,25)/t17-/m1/s1. The van der Waals surface area contributed by atoms with Crippen LogP contribution >= 0.6 is 0 Å². The Morgan fingerprint density at radius 1 is 1.19 bits per heavy atom. The predicted octanol–water partition coefficient (Wildman–Crippen LogP) is 1.90. The van der Waals surface area contributed by atoms with Gasteiger partial charge in [-0.1, -0.05) is 42.5 Å². The third-order valence-corrected chi connectivity index (χ3v) is 4.46. The molecule has 1 aliphatic rings. The van der Waals surface area contributed by atoms with Crippen LogP contribution in [0.15, 0.2) is 54.6 Å². The third kappa shape index (κ3) is 5.31. The summed E-state index contributed by atoms with van der Waals surface area (Å²) >= 11 is 0. The van der Waals surface area contributed by atoms with Gasteiger partial charge < -0.3 is 19.7 Å². The van der Waals surface area contributed by atoms with E-state index in [9.17, 15) is 9.59 Å². The van der Waals surface area contributed by atoms with Crippen molar-refractivity contribution in [2.75, 3.05) is 33.4 Å². The minimum atomic E-state index is -0.214. The zero-order valence-electron chi connectivity index (χ0n) is 15.4. The number of carbonyl (C=O) groups is 2. The van der Waals surface area contributed by atoms with Crippen LogP contribution in [0, 0.1) is 0 Å². The van der Waals surface area contributed by atoms with Crippen molar-refractivity contribution < 1.29 is 19.1 Å². The molecule has 6 heteroatoms. The molecule has 0 bridgehead atoms. The average molecular weight is 368 g/mol. The number of hydrogen-bond donors (Lipinski definition) is 1. The number of rotatable bonds is 7. The van der Waals surface area contributed by atoms with Gasteiger partial charge >= 0.3 is 0 Å². The van der Waals surface area contributed by atoms with Gasteiger partial charge in [0, 0.05) is 26.6 Å². The summed E-state index contributed by atoms with van der Waals surface area (Å²) < 4.78 is 11.3. The molecule has 1 saturated heterocycles. The molecule has 2 amide bonds. The molecule has 0 radical (unpaired) electrons. The largest absolute Gasteiger partial charge is 0.492 e. The van der Waals surface area contributed by atoms with Crippen molar-refractivity contribution in [2.24, 2.45) is 0 Å². The summed E-state index contributed by atoms with van der Waals surface area (Å²) in [6.07, 6.45) is 0.565. The molecule has 0 saturated carbocycles. The Kier molecular flexibility index (Phi) is 6.44. The maximum atomic E-state index is 12.6. The van der Waals surface area contributed by atoms with Gasteiger partial charge in [-0.05, 0) is 17.7 Å². The van der Waals surface area contributed by atoms with Gasteiger partial charge in [0.25, 0.3) is 5.91 Å². The van der Waals surface area contributed by atoms with E-state index in [1.54, 1.807) is 24.1 Å². The highest BCUT2D eigenvalue weighted by Crippen LogP contribution is 2.18. The quantitative estimate of drug-likeness (QED) is 0.811. The van der Waals surface area contributed by atoms with E-state index in [0.29, 0.717) is 31.0 Å². The first-order chi connectivity index (χ1) is 13.1. The summed E-state index contributed by atoms with van der Waals surface area (Å²) in [5.41, 5.74) is 1.68. The van der Waals surface area contributed by atoms with Gasteiger partial charge in [0.15, 0.2) is 0 Å². The van der Waals surface area contributed by atoms with E-state index < -0.39 is 0 Å². The minimum absolute atomic E-state index is 0.0465. The Balaban J connectivity index is 1.53. The molecule has 0 aliphatic carbocycles. The smallest absolute Gasteiger partial charge is 0.255 e. The fraction of sp³-hybridized carbons (Fsp3) is 0.333. The normalized spacial score (nSPS) is 16.9. The Morgan fingerprint density at radius 3 is 2.70 bits per heavy atom. The lowest BCUT2D eigenvalue weighted by atomic mass is 10.1. The van der Waals surface area contributed by atoms with Gasteiger partial charge in [0.2, 0.25) is 5.91 Å². The van der Waals surface area contributed by atoms with Crippen LogP contribution in [0.4, 0.5) is 0 Å². The summed E-state index contributed by atoms with van der Waals surface area (Å²) in [5, 5.41) is 2.87. The van der Waals surface area contributed by atoms with Crippen molar-refractivity contribution >= 4 is 11.8 Å². The molecule has 1 heterocycles. The highest BCUT2D eigenvalue weighted by Gasteiger charge is 2.24. The number of carbonyl (C=O) groups excluding carboxylic acids is 2. The number of para-hydroxylation sites is 1. The first kappa shape index (κ1) is 18.9. The number of hydrogen-bond acceptors (Lipinski definition) is 4. The van der Waals surface area contributed by atoms with Gasteiger partial charge in [-0.2, -0.15) is 0 Å². The number of ether oxygens (including phenoxy) is 2. The molecule has 2 aromatic rings. The zero-order valence-corrected chi connectivity index (χ0v) is 15.4. The molecule has 27 heavy (non-hydrogen) atoms. The van der Waals surface area contributed by atoms with Crippen molar-refractivity contribution in [3.8, 4) is 5.75 Å². The zero-order chi connectivity index (χ0) is 19.1. The molecule has 142 valence electrons. The second kappa shape index (κ2) is 9.19. The Morgan fingerprint density at radius 2 is 1.93 bits per heavy atom. The lowest BCUT2D eigenvalue weighted by molar-refractivity contribution is -0.146. The summed E-state index contributed by atoms with van der Waals surface area (Å²) in [6, 6.07) is 17.3. The molecular formula is C21H24N2O4. The molecule has 0 unspecified atom stereocenters. The van der Waals surface area contributed by atoms with Crippen LogP contribution in [-0.4, -0.2) is 56.2 Å². The summed E-state index contributed by atoms with van der Waals surface area (Å²) in [5.74, 6) is 0.297. The minimum Gasteiger partial charge on any atom is -0.492 e. The second-order valence-corrected chi connectivity index (χ2v) is 6.50. The van der Waals surface area contributed by atoms with Crippen LogP contribution in [0.2, 0.25) is 0 Å². The van der Waals surface area contributed by atoms with Crippen molar-refractivity contribution in [1.29, 1.82) is 0 Å². The molecule has 1 fully saturated rings. The molecule has 6 nitrogen and oxygen atoms in total. The number of morpholine rings is 1. The predicted molar refractivity (Wildman–Crippen MR) is 102 cm³/mol. The Bertz CT molecular complexity index is 779. The van der Waals surface area contributed by atoms with Crippen LogP contribution in [-0.2, 0) is 16.0 Å². The summed E-state index contributed by atoms with van der Waals surface area (Å²) in [6.45, 7) is 1.35. The number of benzene rings is 2. The maximum Gasteiger partial charge on any atom is 0.255 e. The average Bonchev–Trinajstić information content (AvgIpc) is 2.70. The van der Waals surface area contributed by atoms with E-state index in [1.165, 1.54) is 5.56 Å². The highest BCUT2D eigenvalue weighted by atomic mass is 16.5. The highest BCUT2D eigenvalue weighted by molar-refractivity contribution is 5.96. The fourth-order valence-corrected chi connectivity index (χ4v) is 2.89. The van der Waals surface area contributed by atoms with Crippen molar-refractivity contribution in [3.05, 3.63) is 65.7 Å². The first-order valence-electron chi connectivity index (χ1n) is 9.03. The van der Waals surface area contributed by atoms with Crippen molar-refractivity contribution in [3.63, 3.8) is 0 Å². The monoisotopic (exact) mass is 368 g/mol. The van der Waals surface area contributed by atoms with Crippen molar-refractivity contribution in [1.82, 2.24) is 10.2 Å². The summed E-state index contributed by atoms with van der Waals surface area (Å²) in [4.78, 5) is 25.6. The third-order valence-electron chi connectivity index (χ3n) is 4.46. The summed E-state index contributed by atoms with van der Waals surface area (Å²) in [7, 11) is 1.73. The van der Waals surface area contributed by atoms with Crippen LogP contribution in [0.25, 0.3) is 0 Å². The van der Waals surface area contributed by atoms with Gasteiger partial charge in [-0.3, -0.25) is 9.59 Å². The molecule has 0 spiro atoms. The topological polar surface area (TPSA) is 67.9 Å². The Labute approximate surface area is 159 Å². The van der Waals surface area contributed by atoms with Crippen LogP contribution in [0.1, 0.15) is 15.9 Å². The van der Waals surface area contributed by atoms with E-state index in [2.05, 4.69) is 5.32 Å². The molecule has 0 aromatic heterocycles. The van der Waals surface area contributed by atoms with E-state index in [-0.39, 0.29) is 24.5 Å². The molecule has 3 rings (SSSR count). The van der Waals surface area contributed by atoms with Gasteiger partial charge in [0.05, 0.1) is 18.3 Å². The molecule has 1 aliphatic heterocycles. The SMILES string of the molecule is CN1C[C@@H](CNC(=O)c2ccccc2OCCc2ccccc2)OCC1=O. The van der Waals surface area contributed by atoms with Crippen LogP contribution in [0.5, 0.6) is 5.75 Å². The number of likely N-dealkylation sites (N-methyl/N-ethyl adjacent to an activating group) is 1. The number of nitrogens with zero attached hydrogens (tertiary/aromatic N) is 1. The van der Waals surface area contributed by atoms with Gasteiger partial charge in [-0.15, -0.1) is 0 Å². The Hall–Kier alpha value is -2.86. The first-order valence-corrected chi connectivity index (χ1v) is 9.03. The number of nitrogens with one attached hydrogen (secondary N) is 1. The lowest BCUT2D eigenvalue weighted by Crippen LogP contribution is -2.48.